The van der Waals surface area contributed by atoms with Crippen LogP contribution in [0.5, 0.6) is 0 Å². The van der Waals surface area contributed by atoms with E-state index in [1.54, 1.807) is 0 Å². The highest BCUT2D eigenvalue weighted by Crippen LogP contribution is 2.26. The SMILES string of the molecule is CC1=CCCC[C@@H]1[C@H](C)O. The molecule has 1 N–H and O–H groups in total. The van der Waals surface area contributed by atoms with Crippen LogP contribution in [0.15, 0.2) is 11.6 Å². The molecule has 1 aliphatic rings. The van der Waals surface area contributed by atoms with Crippen LogP contribution in [0.2, 0.25) is 0 Å². The first-order valence-electron chi connectivity index (χ1n) is 4.06. The number of hydrogen-bond donors (Lipinski definition) is 1. The van der Waals surface area contributed by atoms with Gasteiger partial charge in [-0.2, -0.15) is 0 Å². The van der Waals surface area contributed by atoms with Crippen molar-refractivity contribution in [2.75, 3.05) is 0 Å². The zero-order valence-electron chi connectivity index (χ0n) is 6.80. The number of hydrogen-bond acceptors (Lipinski definition) is 1. The molecule has 2 atom stereocenters. The highest BCUT2D eigenvalue weighted by molar-refractivity contribution is 5.08. The lowest BCUT2D eigenvalue weighted by atomic mass is 9.85. The molecule has 0 spiro atoms. The Hall–Kier alpha value is -0.300. The van der Waals surface area contributed by atoms with Gasteiger partial charge in [0, 0.05) is 5.92 Å². The molecule has 0 fully saturated rings. The number of allylic oxidation sites excluding steroid dienone is 1. The molecule has 0 radical (unpaired) electrons. The second-order valence-electron chi connectivity index (χ2n) is 3.23. The molecule has 0 heterocycles. The Labute approximate surface area is 62.8 Å². The minimum absolute atomic E-state index is 0.156. The maximum Gasteiger partial charge on any atom is 0.0577 e. The lowest BCUT2D eigenvalue weighted by Gasteiger charge is -2.24. The maximum atomic E-state index is 9.31. The second kappa shape index (κ2) is 3.20. The van der Waals surface area contributed by atoms with Crippen LogP contribution >= 0.6 is 0 Å². The average molecular weight is 140 g/mol. The minimum Gasteiger partial charge on any atom is -0.393 e. The Balaban J connectivity index is 2.58. The molecule has 0 unspecified atom stereocenters. The zero-order chi connectivity index (χ0) is 7.56. The highest BCUT2D eigenvalue weighted by Gasteiger charge is 2.18. The van der Waals surface area contributed by atoms with Crippen molar-refractivity contribution >= 4 is 0 Å². The Morgan fingerprint density at radius 3 is 2.80 bits per heavy atom. The molecule has 1 aliphatic carbocycles. The molecule has 0 aromatic carbocycles. The van der Waals surface area contributed by atoms with E-state index in [1.165, 1.54) is 24.8 Å². The molecule has 58 valence electrons. The van der Waals surface area contributed by atoms with E-state index in [2.05, 4.69) is 13.0 Å². The Morgan fingerprint density at radius 1 is 1.70 bits per heavy atom. The predicted octanol–water partition coefficient (Wildman–Crippen LogP) is 2.11. The van der Waals surface area contributed by atoms with Crippen molar-refractivity contribution in [1.29, 1.82) is 0 Å². The number of rotatable bonds is 1. The molecule has 1 nitrogen and oxygen atoms in total. The van der Waals surface area contributed by atoms with Gasteiger partial charge in [0.15, 0.2) is 0 Å². The first-order valence-corrected chi connectivity index (χ1v) is 4.06. The smallest absolute Gasteiger partial charge is 0.0577 e. The van der Waals surface area contributed by atoms with Gasteiger partial charge in [-0.15, -0.1) is 0 Å². The monoisotopic (exact) mass is 140 g/mol. The average Bonchev–Trinajstić information content (AvgIpc) is 1.88. The third-order valence-corrected chi connectivity index (χ3v) is 2.35. The summed E-state index contributed by atoms with van der Waals surface area (Å²) in [5, 5.41) is 9.31. The van der Waals surface area contributed by atoms with Crippen molar-refractivity contribution in [3.05, 3.63) is 11.6 Å². The van der Waals surface area contributed by atoms with E-state index in [1.807, 2.05) is 6.92 Å². The van der Waals surface area contributed by atoms with E-state index < -0.39 is 0 Å². The van der Waals surface area contributed by atoms with Crippen LogP contribution in [0.1, 0.15) is 33.1 Å². The van der Waals surface area contributed by atoms with Gasteiger partial charge in [0.1, 0.15) is 0 Å². The molecule has 0 amide bonds. The standard InChI is InChI=1S/C9H16O/c1-7-5-3-4-6-9(7)8(2)10/h5,8-10H,3-4,6H2,1-2H3/t8-,9-/m0/s1. The van der Waals surface area contributed by atoms with Gasteiger partial charge >= 0.3 is 0 Å². The molecule has 0 saturated carbocycles. The molecule has 0 aromatic heterocycles. The lowest BCUT2D eigenvalue weighted by Crippen LogP contribution is -2.19. The van der Waals surface area contributed by atoms with Crippen LogP contribution in [0.3, 0.4) is 0 Å². The molecular weight excluding hydrogens is 124 g/mol. The second-order valence-corrected chi connectivity index (χ2v) is 3.23. The Morgan fingerprint density at radius 2 is 2.40 bits per heavy atom. The highest BCUT2D eigenvalue weighted by atomic mass is 16.3. The van der Waals surface area contributed by atoms with Gasteiger partial charge in [-0.25, -0.2) is 0 Å². The van der Waals surface area contributed by atoms with Gasteiger partial charge in [-0.05, 0) is 33.1 Å². The van der Waals surface area contributed by atoms with Gasteiger partial charge in [0.25, 0.3) is 0 Å². The summed E-state index contributed by atoms with van der Waals surface area (Å²) in [6, 6.07) is 0. The molecule has 0 saturated heterocycles. The van der Waals surface area contributed by atoms with E-state index in [9.17, 15) is 5.11 Å². The summed E-state index contributed by atoms with van der Waals surface area (Å²) in [5.74, 6) is 0.439. The summed E-state index contributed by atoms with van der Waals surface area (Å²) in [5.41, 5.74) is 1.38. The van der Waals surface area contributed by atoms with E-state index in [4.69, 9.17) is 0 Å². The van der Waals surface area contributed by atoms with Gasteiger partial charge in [-0.1, -0.05) is 11.6 Å². The Kier molecular flexibility index (Phi) is 2.50. The molecule has 10 heavy (non-hydrogen) atoms. The molecular formula is C9H16O. The predicted molar refractivity (Wildman–Crippen MR) is 42.8 cm³/mol. The van der Waals surface area contributed by atoms with Gasteiger partial charge < -0.3 is 5.11 Å². The molecule has 0 bridgehead atoms. The summed E-state index contributed by atoms with van der Waals surface area (Å²) >= 11 is 0. The minimum atomic E-state index is -0.156. The molecule has 1 rings (SSSR count). The number of aliphatic hydroxyl groups excluding tert-OH is 1. The van der Waals surface area contributed by atoms with E-state index in [0.29, 0.717) is 5.92 Å². The fourth-order valence-corrected chi connectivity index (χ4v) is 1.67. The summed E-state index contributed by atoms with van der Waals surface area (Å²) in [4.78, 5) is 0. The summed E-state index contributed by atoms with van der Waals surface area (Å²) < 4.78 is 0. The normalized spacial score (nSPS) is 29.5. The first kappa shape index (κ1) is 7.80. The van der Waals surface area contributed by atoms with Crippen molar-refractivity contribution in [1.82, 2.24) is 0 Å². The van der Waals surface area contributed by atoms with Gasteiger partial charge in [-0.3, -0.25) is 0 Å². The maximum absolute atomic E-state index is 9.31. The molecule has 0 aliphatic heterocycles. The van der Waals surface area contributed by atoms with Crippen LogP contribution in [0.4, 0.5) is 0 Å². The first-order chi connectivity index (χ1) is 4.72. The van der Waals surface area contributed by atoms with E-state index in [-0.39, 0.29) is 6.10 Å². The van der Waals surface area contributed by atoms with Crippen LogP contribution in [-0.2, 0) is 0 Å². The zero-order valence-corrected chi connectivity index (χ0v) is 6.80. The largest absolute Gasteiger partial charge is 0.393 e. The van der Waals surface area contributed by atoms with Crippen LogP contribution in [0.25, 0.3) is 0 Å². The van der Waals surface area contributed by atoms with Crippen molar-refractivity contribution in [2.45, 2.75) is 39.2 Å². The summed E-state index contributed by atoms with van der Waals surface area (Å²) in [6.07, 6.45) is 5.71. The summed E-state index contributed by atoms with van der Waals surface area (Å²) in [6.45, 7) is 4.00. The van der Waals surface area contributed by atoms with Crippen molar-refractivity contribution in [2.24, 2.45) is 5.92 Å². The van der Waals surface area contributed by atoms with Crippen molar-refractivity contribution < 1.29 is 5.11 Å². The summed E-state index contributed by atoms with van der Waals surface area (Å²) in [7, 11) is 0. The van der Waals surface area contributed by atoms with Crippen molar-refractivity contribution in [3.8, 4) is 0 Å². The van der Waals surface area contributed by atoms with E-state index in [0.717, 1.165) is 0 Å². The lowest BCUT2D eigenvalue weighted by molar-refractivity contribution is 0.134. The topological polar surface area (TPSA) is 20.2 Å². The van der Waals surface area contributed by atoms with Gasteiger partial charge in [0.05, 0.1) is 6.10 Å². The third kappa shape index (κ3) is 1.60. The fraction of sp³-hybridized carbons (Fsp3) is 0.778. The van der Waals surface area contributed by atoms with Crippen LogP contribution in [-0.4, -0.2) is 11.2 Å². The molecule has 0 aromatic rings. The van der Waals surface area contributed by atoms with Crippen LogP contribution < -0.4 is 0 Å². The van der Waals surface area contributed by atoms with E-state index >= 15 is 0 Å². The number of aliphatic hydroxyl groups is 1. The van der Waals surface area contributed by atoms with Crippen LogP contribution in [0, 0.1) is 5.92 Å². The quantitative estimate of drug-likeness (QED) is 0.553. The third-order valence-electron chi connectivity index (χ3n) is 2.35. The molecule has 1 heteroatoms. The Bertz CT molecular complexity index is 136. The fourth-order valence-electron chi connectivity index (χ4n) is 1.67. The van der Waals surface area contributed by atoms with Gasteiger partial charge in [0.2, 0.25) is 0 Å². The van der Waals surface area contributed by atoms with Crippen molar-refractivity contribution in [3.63, 3.8) is 0 Å².